The smallest absolute Gasteiger partial charge is 0.275 e. The molecule has 1 aromatic carbocycles. The number of carbonyl (C=O) groups excluding carboxylic acids is 1. The second kappa shape index (κ2) is 7.23. The van der Waals surface area contributed by atoms with Crippen molar-refractivity contribution >= 4 is 33.2 Å². The Morgan fingerprint density at radius 2 is 2.26 bits per heavy atom. The van der Waals surface area contributed by atoms with E-state index in [-0.39, 0.29) is 11.6 Å². The molecule has 9 heteroatoms. The third-order valence-electron chi connectivity index (χ3n) is 3.18. The minimum Gasteiger partial charge on any atom is -0.496 e. The molecule has 0 saturated heterocycles. The summed E-state index contributed by atoms with van der Waals surface area (Å²) in [6, 6.07) is 3.58. The summed E-state index contributed by atoms with van der Waals surface area (Å²) in [6.45, 7) is 1.86. The Balaban J connectivity index is 2.24. The van der Waals surface area contributed by atoms with Crippen LogP contribution in [0.1, 0.15) is 19.4 Å². The first kappa shape index (κ1) is 16.9. The number of non-ortho nitro benzene ring substituents is 1. The molecule has 1 unspecified atom stereocenters. The van der Waals surface area contributed by atoms with Gasteiger partial charge >= 0.3 is 0 Å². The number of amides is 1. The zero-order chi connectivity index (χ0) is 17.0. The van der Waals surface area contributed by atoms with Crippen LogP contribution < -0.4 is 10.1 Å². The molecule has 0 bridgehead atoms. The van der Waals surface area contributed by atoms with E-state index in [2.05, 4.69) is 26.3 Å². The van der Waals surface area contributed by atoms with Crippen molar-refractivity contribution in [3.05, 3.63) is 45.2 Å². The fourth-order valence-electron chi connectivity index (χ4n) is 2.08. The van der Waals surface area contributed by atoms with E-state index in [0.717, 1.165) is 4.47 Å². The molecule has 8 nitrogen and oxygen atoms in total. The highest BCUT2D eigenvalue weighted by molar-refractivity contribution is 9.10. The third-order valence-corrected chi connectivity index (χ3v) is 3.59. The topological polar surface area (TPSA) is 99.3 Å². The Kier molecular flexibility index (Phi) is 5.32. The van der Waals surface area contributed by atoms with E-state index in [4.69, 9.17) is 4.74 Å². The maximum atomic E-state index is 12.4. The number of methoxy groups -OCH3 is 1. The van der Waals surface area contributed by atoms with Crippen molar-refractivity contribution in [3.8, 4) is 5.75 Å². The standard InChI is InChI=1S/C14H15BrN4O4/c1-3-13(18-8-9(15)7-16-18)14(20)17-10-4-11(19(21)22)6-12(5-10)23-2/h4-8,13H,3H2,1-2H3,(H,17,20). The van der Waals surface area contributed by atoms with Crippen molar-refractivity contribution in [3.63, 3.8) is 0 Å². The molecule has 0 fully saturated rings. The molecule has 122 valence electrons. The van der Waals surface area contributed by atoms with E-state index in [1.807, 2.05) is 6.92 Å². The van der Waals surface area contributed by atoms with Crippen molar-refractivity contribution in [2.24, 2.45) is 0 Å². The molecule has 0 radical (unpaired) electrons. The van der Waals surface area contributed by atoms with Crippen molar-refractivity contribution in [1.82, 2.24) is 9.78 Å². The fraction of sp³-hybridized carbons (Fsp3) is 0.286. The molecule has 0 aliphatic heterocycles. The van der Waals surface area contributed by atoms with Gasteiger partial charge in [0.2, 0.25) is 5.91 Å². The van der Waals surface area contributed by atoms with Gasteiger partial charge in [-0.05, 0) is 22.4 Å². The number of nitrogens with one attached hydrogen (secondary N) is 1. The third kappa shape index (κ3) is 4.07. The second-order valence-corrected chi connectivity index (χ2v) is 5.64. The van der Waals surface area contributed by atoms with Crippen LogP contribution >= 0.6 is 15.9 Å². The Morgan fingerprint density at radius 1 is 1.52 bits per heavy atom. The van der Waals surface area contributed by atoms with Crippen molar-refractivity contribution in [2.45, 2.75) is 19.4 Å². The Hall–Kier alpha value is -2.42. The van der Waals surface area contributed by atoms with Crippen molar-refractivity contribution in [2.75, 3.05) is 12.4 Å². The predicted octanol–water partition coefficient (Wildman–Crippen LogP) is 3.15. The van der Waals surface area contributed by atoms with E-state index in [9.17, 15) is 14.9 Å². The van der Waals surface area contributed by atoms with Gasteiger partial charge in [0.1, 0.15) is 11.8 Å². The first-order valence-corrected chi connectivity index (χ1v) is 7.58. The zero-order valence-electron chi connectivity index (χ0n) is 12.5. The molecule has 0 aliphatic carbocycles. The Bertz CT molecular complexity index is 731. The van der Waals surface area contributed by atoms with Gasteiger partial charge < -0.3 is 10.1 Å². The lowest BCUT2D eigenvalue weighted by molar-refractivity contribution is -0.384. The predicted molar refractivity (Wildman–Crippen MR) is 87.5 cm³/mol. The van der Waals surface area contributed by atoms with Gasteiger partial charge in [0, 0.05) is 18.3 Å². The lowest BCUT2D eigenvalue weighted by Gasteiger charge is -2.15. The normalized spacial score (nSPS) is 11.8. The molecule has 0 aliphatic rings. The summed E-state index contributed by atoms with van der Waals surface area (Å²) in [7, 11) is 1.40. The molecule has 1 aromatic heterocycles. The number of benzene rings is 1. The largest absolute Gasteiger partial charge is 0.496 e. The lowest BCUT2D eigenvalue weighted by atomic mass is 10.2. The maximum Gasteiger partial charge on any atom is 0.275 e. The van der Waals surface area contributed by atoms with E-state index in [1.54, 1.807) is 12.4 Å². The van der Waals surface area contributed by atoms with Gasteiger partial charge in [-0.25, -0.2) is 0 Å². The average Bonchev–Trinajstić information content (AvgIpc) is 2.93. The average molecular weight is 383 g/mol. The summed E-state index contributed by atoms with van der Waals surface area (Å²) in [5.74, 6) is -0.0185. The number of aromatic nitrogens is 2. The fourth-order valence-corrected chi connectivity index (χ4v) is 2.38. The number of nitrogens with zero attached hydrogens (tertiary/aromatic N) is 3. The van der Waals surface area contributed by atoms with Crippen LogP contribution in [0.2, 0.25) is 0 Å². The van der Waals surface area contributed by atoms with E-state index in [1.165, 1.54) is 30.0 Å². The second-order valence-electron chi connectivity index (χ2n) is 4.73. The van der Waals surface area contributed by atoms with Gasteiger partial charge in [0.05, 0.1) is 34.5 Å². The van der Waals surface area contributed by atoms with Crippen molar-refractivity contribution in [1.29, 1.82) is 0 Å². The number of carbonyl (C=O) groups is 1. The molecular weight excluding hydrogens is 368 g/mol. The molecule has 2 rings (SSSR count). The highest BCUT2D eigenvalue weighted by Crippen LogP contribution is 2.26. The molecule has 0 saturated carbocycles. The van der Waals surface area contributed by atoms with Crippen LogP contribution in [0.4, 0.5) is 11.4 Å². The minimum atomic E-state index is -0.542. The van der Waals surface area contributed by atoms with Gasteiger partial charge in [0.25, 0.3) is 5.69 Å². The quantitative estimate of drug-likeness (QED) is 0.610. The lowest BCUT2D eigenvalue weighted by Crippen LogP contribution is -2.26. The summed E-state index contributed by atoms with van der Waals surface area (Å²) >= 11 is 3.28. The summed E-state index contributed by atoms with van der Waals surface area (Å²) < 4.78 is 7.32. The van der Waals surface area contributed by atoms with E-state index < -0.39 is 11.0 Å². The van der Waals surface area contributed by atoms with Crippen LogP contribution in [0.15, 0.2) is 35.1 Å². The van der Waals surface area contributed by atoms with Crippen LogP contribution in [-0.4, -0.2) is 27.7 Å². The first-order chi connectivity index (χ1) is 10.9. The van der Waals surface area contributed by atoms with Gasteiger partial charge in [-0.3, -0.25) is 19.6 Å². The highest BCUT2D eigenvalue weighted by atomic mass is 79.9. The number of nitro benzene ring substituents is 1. The summed E-state index contributed by atoms with van der Waals surface area (Å²) in [4.78, 5) is 22.8. The summed E-state index contributed by atoms with van der Waals surface area (Å²) in [6.07, 6.45) is 3.81. The van der Waals surface area contributed by atoms with E-state index >= 15 is 0 Å². The molecule has 1 atom stereocenters. The first-order valence-electron chi connectivity index (χ1n) is 6.78. The summed E-state index contributed by atoms with van der Waals surface area (Å²) in [5, 5.41) is 17.7. The SMILES string of the molecule is CCC(C(=O)Nc1cc(OC)cc([N+](=O)[O-])c1)n1cc(Br)cn1. The Morgan fingerprint density at radius 3 is 2.78 bits per heavy atom. The molecule has 23 heavy (non-hydrogen) atoms. The number of ether oxygens (including phenoxy) is 1. The molecular formula is C14H15BrN4O4. The number of hydrogen-bond donors (Lipinski definition) is 1. The van der Waals surface area contributed by atoms with Crippen LogP contribution in [0.3, 0.4) is 0 Å². The molecule has 1 N–H and O–H groups in total. The number of halogens is 1. The summed E-state index contributed by atoms with van der Waals surface area (Å²) in [5.41, 5.74) is 0.139. The van der Waals surface area contributed by atoms with Crippen LogP contribution in [0.25, 0.3) is 0 Å². The van der Waals surface area contributed by atoms with Gasteiger partial charge in [-0.1, -0.05) is 6.92 Å². The molecule has 2 aromatic rings. The molecule has 0 spiro atoms. The maximum absolute atomic E-state index is 12.4. The Labute approximate surface area is 140 Å². The molecule has 1 amide bonds. The zero-order valence-corrected chi connectivity index (χ0v) is 14.1. The molecule has 1 heterocycles. The number of rotatable bonds is 6. The number of anilines is 1. The number of nitro groups is 1. The van der Waals surface area contributed by atoms with Crippen LogP contribution in [0.5, 0.6) is 5.75 Å². The highest BCUT2D eigenvalue weighted by Gasteiger charge is 2.21. The van der Waals surface area contributed by atoms with Crippen LogP contribution in [-0.2, 0) is 4.79 Å². The van der Waals surface area contributed by atoms with Gasteiger partial charge in [-0.15, -0.1) is 0 Å². The van der Waals surface area contributed by atoms with Crippen LogP contribution in [0, 0.1) is 10.1 Å². The van der Waals surface area contributed by atoms with Gasteiger partial charge in [0.15, 0.2) is 0 Å². The van der Waals surface area contributed by atoms with Crippen molar-refractivity contribution < 1.29 is 14.5 Å². The monoisotopic (exact) mass is 382 g/mol. The number of hydrogen-bond acceptors (Lipinski definition) is 5. The minimum absolute atomic E-state index is 0.158. The van der Waals surface area contributed by atoms with E-state index in [0.29, 0.717) is 17.9 Å². The van der Waals surface area contributed by atoms with Gasteiger partial charge in [-0.2, -0.15) is 5.10 Å².